The van der Waals surface area contributed by atoms with E-state index >= 15 is 0 Å². The molecule has 1 aromatic rings. The first-order valence-electron chi connectivity index (χ1n) is 3.08. The molecular weight excluding hydrogens is 210 g/mol. The predicted molar refractivity (Wildman–Crippen MR) is 44.8 cm³/mol. The lowest BCUT2D eigenvalue weighted by Gasteiger charge is -1.96. The van der Waals surface area contributed by atoms with E-state index in [0.29, 0.717) is 5.69 Å². The van der Waals surface area contributed by atoms with Gasteiger partial charge in [0.25, 0.3) is 0 Å². The smallest absolute Gasteiger partial charge is 0.352 e. The molecular formula is C7H8BrNO2. The largest absolute Gasteiger partial charge is 0.477 e. The Kier molecular flexibility index (Phi) is 2.04. The Hall–Kier alpha value is -0.770. The molecule has 0 spiro atoms. The van der Waals surface area contributed by atoms with E-state index in [2.05, 4.69) is 15.9 Å². The number of nitrogens with zero attached hydrogens (tertiary/aromatic N) is 1. The zero-order valence-corrected chi connectivity index (χ0v) is 7.84. The van der Waals surface area contributed by atoms with Crippen molar-refractivity contribution in [3.8, 4) is 0 Å². The molecule has 1 N–H and O–H groups in total. The molecule has 0 bridgehead atoms. The van der Waals surface area contributed by atoms with Gasteiger partial charge in [-0.3, -0.25) is 0 Å². The summed E-state index contributed by atoms with van der Waals surface area (Å²) in [5, 5.41) is 8.72. The number of rotatable bonds is 1. The van der Waals surface area contributed by atoms with Crippen molar-refractivity contribution >= 4 is 21.9 Å². The molecule has 3 nitrogen and oxygen atoms in total. The van der Waals surface area contributed by atoms with Gasteiger partial charge >= 0.3 is 5.97 Å². The van der Waals surface area contributed by atoms with E-state index in [1.807, 2.05) is 0 Å². The molecule has 0 aliphatic heterocycles. The average Bonchev–Trinajstić information content (AvgIpc) is 2.07. The molecule has 0 unspecified atom stereocenters. The zero-order valence-electron chi connectivity index (χ0n) is 6.26. The first-order valence-corrected chi connectivity index (χ1v) is 3.88. The third kappa shape index (κ3) is 1.30. The number of hydrogen-bond donors (Lipinski definition) is 1. The van der Waals surface area contributed by atoms with Crippen LogP contribution in [0.4, 0.5) is 0 Å². The molecule has 4 heteroatoms. The van der Waals surface area contributed by atoms with Crippen molar-refractivity contribution in [2.45, 2.75) is 6.92 Å². The maximum atomic E-state index is 10.6. The average molecular weight is 218 g/mol. The summed E-state index contributed by atoms with van der Waals surface area (Å²) in [7, 11) is 1.71. The van der Waals surface area contributed by atoms with Crippen LogP contribution in [0.3, 0.4) is 0 Å². The van der Waals surface area contributed by atoms with E-state index in [9.17, 15) is 4.79 Å². The van der Waals surface area contributed by atoms with Crippen LogP contribution in [0.15, 0.2) is 10.7 Å². The molecule has 0 amide bonds. The van der Waals surface area contributed by atoms with E-state index in [4.69, 9.17) is 5.11 Å². The van der Waals surface area contributed by atoms with Crippen molar-refractivity contribution < 1.29 is 9.90 Å². The summed E-state index contributed by atoms with van der Waals surface area (Å²) in [5.41, 5.74) is 1.09. The van der Waals surface area contributed by atoms with Gasteiger partial charge in [0.2, 0.25) is 0 Å². The molecule has 0 saturated heterocycles. The predicted octanol–water partition coefficient (Wildman–Crippen LogP) is 1.79. The highest BCUT2D eigenvalue weighted by Crippen LogP contribution is 2.20. The van der Waals surface area contributed by atoms with Crippen molar-refractivity contribution in [1.82, 2.24) is 4.57 Å². The normalized spacial score (nSPS) is 10.1. The minimum atomic E-state index is -0.893. The minimum absolute atomic E-state index is 0.330. The van der Waals surface area contributed by atoms with Gasteiger partial charge in [0.05, 0.1) is 0 Å². The fourth-order valence-corrected chi connectivity index (χ4v) is 1.52. The Morgan fingerprint density at radius 1 is 1.73 bits per heavy atom. The minimum Gasteiger partial charge on any atom is -0.477 e. The molecule has 0 aliphatic rings. The van der Waals surface area contributed by atoms with Crippen LogP contribution in [-0.4, -0.2) is 15.6 Å². The lowest BCUT2D eigenvalue weighted by Crippen LogP contribution is -2.04. The summed E-state index contributed by atoms with van der Waals surface area (Å²) in [6.45, 7) is 1.77. The SMILES string of the molecule is Cc1c(Br)cn(C)c1C(=O)O. The van der Waals surface area contributed by atoms with Gasteiger partial charge in [-0.25, -0.2) is 4.79 Å². The molecule has 0 radical (unpaired) electrons. The highest BCUT2D eigenvalue weighted by atomic mass is 79.9. The van der Waals surface area contributed by atoms with E-state index < -0.39 is 5.97 Å². The van der Waals surface area contributed by atoms with Crippen LogP contribution in [0.2, 0.25) is 0 Å². The summed E-state index contributed by atoms with van der Waals surface area (Å²) in [6.07, 6.45) is 1.73. The topological polar surface area (TPSA) is 42.2 Å². The molecule has 1 rings (SSSR count). The lowest BCUT2D eigenvalue weighted by molar-refractivity contribution is 0.0686. The number of halogens is 1. The standard InChI is InChI=1S/C7H8BrNO2/c1-4-5(8)3-9(2)6(4)7(10)11/h3H,1-2H3,(H,10,11). The number of aryl methyl sites for hydroxylation is 1. The highest BCUT2D eigenvalue weighted by molar-refractivity contribution is 9.10. The molecule has 0 atom stereocenters. The van der Waals surface area contributed by atoms with Crippen molar-refractivity contribution in [3.63, 3.8) is 0 Å². The molecule has 1 heterocycles. The molecule has 0 fully saturated rings. The van der Waals surface area contributed by atoms with Gasteiger partial charge in [-0.15, -0.1) is 0 Å². The van der Waals surface area contributed by atoms with Crippen LogP contribution in [0.5, 0.6) is 0 Å². The maximum Gasteiger partial charge on any atom is 0.352 e. The van der Waals surface area contributed by atoms with Gasteiger partial charge in [-0.2, -0.15) is 0 Å². The van der Waals surface area contributed by atoms with Gasteiger partial charge < -0.3 is 9.67 Å². The Balaban J connectivity index is 3.34. The number of carboxylic acids is 1. The Bertz CT molecular complexity index is 304. The second-order valence-electron chi connectivity index (χ2n) is 2.37. The lowest BCUT2D eigenvalue weighted by atomic mass is 10.3. The summed E-state index contributed by atoms with van der Waals surface area (Å²) >= 11 is 3.25. The van der Waals surface area contributed by atoms with Gasteiger partial charge in [0.15, 0.2) is 0 Å². The number of aromatic nitrogens is 1. The Labute approximate surface area is 72.8 Å². The molecule has 0 aliphatic carbocycles. The third-order valence-electron chi connectivity index (χ3n) is 1.58. The van der Waals surface area contributed by atoms with Gasteiger partial charge in [0.1, 0.15) is 5.69 Å². The van der Waals surface area contributed by atoms with Gasteiger partial charge in [-0.1, -0.05) is 0 Å². The first-order chi connectivity index (χ1) is 5.04. The van der Waals surface area contributed by atoms with Crippen LogP contribution in [0, 0.1) is 6.92 Å². The molecule has 0 aromatic carbocycles. The van der Waals surface area contributed by atoms with Crippen LogP contribution in [0.25, 0.3) is 0 Å². The zero-order chi connectivity index (χ0) is 8.59. The molecule has 60 valence electrons. The van der Waals surface area contributed by atoms with Crippen LogP contribution in [0.1, 0.15) is 16.1 Å². The quantitative estimate of drug-likeness (QED) is 0.780. The molecule has 0 saturated carbocycles. The van der Waals surface area contributed by atoms with E-state index in [0.717, 1.165) is 10.0 Å². The number of hydrogen-bond acceptors (Lipinski definition) is 1. The second kappa shape index (κ2) is 2.70. The summed E-state index contributed by atoms with van der Waals surface area (Å²) in [5.74, 6) is -0.893. The number of carbonyl (C=O) groups is 1. The van der Waals surface area contributed by atoms with Crippen LogP contribution >= 0.6 is 15.9 Å². The summed E-state index contributed by atoms with van der Waals surface area (Å²) < 4.78 is 2.42. The van der Waals surface area contributed by atoms with Crippen molar-refractivity contribution in [3.05, 3.63) is 21.9 Å². The second-order valence-corrected chi connectivity index (χ2v) is 3.22. The maximum absolute atomic E-state index is 10.6. The van der Waals surface area contributed by atoms with E-state index in [-0.39, 0.29) is 0 Å². The summed E-state index contributed by atoms with van der Waals surface area (Å²) in [6, 6.07) is 0. The number of carboxylic acid groups (broad SMARTS) is 1. The monoisotopic (exact) mass is 217 g/mol. The first kappa shape index (κ1) is 8.33. The summed E-state index contributed by atoms with van der Waals surface area (Å²) in [4.78, 5) is 10.6. The Morgan fingerprint density at radius 3 is 2.45 bits per heavy atom. The molecule has 1 aromatic heterocycles. The van der Waals surface area contributed by atoms with Crippen molar-refractivity contribution in [2.24, 2.45) is 7.05 Å². The molecule has 11 heavy (non-hydrogen) atoms. The van der Waals surface area contributed by atoms with E-state index in [1.165, 1.54) is 0 Å². The number of aromatic carboxylic acids is 1. The van der Waals surface area contributed by atoms with E-state index in [1.54, 1.807) is 24.7 Å². The van der Waals surface area contributed by atoms with Crippen molar-refractivity contribution in [2.75, 3.05) is 0 Å². The van der Waals surface area contributed by atoms with Gasteiger partial charge in [0, 0.05) is 17.7 Å². The fraction of sp³-hybridized carbons (Fsp3) is 0.286. The van der Waals surface area contributed by atoms with Crippen LogP contribution < -0.4 is 0 Å². The third-order valence-corrected chi connectivity index (χ3v) is 2.38. The highest BCUT2D eigenvalue weighted by Gasteiger charge is 2.13. The van der Waals surface area contributed by atoms with Crippen molar-refractivity contribution in [1.29, 1.82) is 0 Å². The van der Waals surface area contributed by atoms with Crippen LogP contribution in [-0.2, 0) is 7.05 Å². The Morgan fingerprint density at radius 2 is 2.27 bits per heavy atom. The van der Waals surface area contributed by atoms with Gasteiger partial charge in [-0.05, 0) is 28.4 Å². The fourth-order valence-electron chi connectivity index (χ4n) is 1.02.